The molecule has 8 nitrogen and oxygen atoms in total. The number of amides is 1. The monoisotopic (exact) mass is 418 g/mol. The third-order valence-electron chi connectivity index (χ3n) is 4.13. The normalized spacial score (nSPS) is 10.6. The summed E-state index contributed by atoms with van der Waals surface area (Å²) in [5.41, 5.74) is 2.14. The average molecular weight is 418 g/mol. The van der Waals surface area contributed by atoms with Crippen molar-refractivity contribution in [3.05, 3.63) is 73.2 Å². The molecule has 0 atom stereocenters. The Morgan fingerprint density at radius 3 is 2.73 bits per heavy atom. The maximum absolute atomic E-state index is 12.5. The number of benzene rings is 2. The van der Waals surface area contributed by atoms with Crippen LogP contribution in [-0.4, -0.2) is 43.5 Å². The highest BCUT2D eigenvalue weighted by Crippen LogP contribution is 2.27. The molecule has 0 bridgehead atoms. The minimum atomic E-state index is -0.156. The Morgan fingerprint density at radius 2 is 1.97 bits per heavy atom. The molecule has 0 unspecified atom stereocenters. The summed E-state index contributed by atoms with van der Waals surface area (Å²) in [5, 5.41) is 12.0. The van der Waals surface area contributed by atoms with Gasteiger partial charge < -0.3 is 10.1 Å². The summed E-state index contributed by atoms with van der Waals surface area (Å²) in [4.78, 5) is 20.9. The SMILES string of the molecule is COc1cccc(NC(=O)CSc2nnc(-c3cnccn3)n2-c2ccccc2)c1. The van der Waals surface area contributed by atoms with E-state index in [0.717, 1.165) is 5.69 Å². The van der Waals surface area contributed by atoms with Crippen LogP contribution in [0.25, 0.3) is 17.2 Å². The van der Waals surface area contributed by atoms with Crippen molar-refractivity contribution in [2.45, 2.75) is 5.16 Å². The molecule has 0 aliphatic carbocycles. The van der Waals surface area contributed by atoms with E-state index in [2.05, 4.69) is 25.5 Å². The fraction of sp³-hybridized carbons (Fsp3) is 0.0952. The van der Waals surface area contributed by atoms with Crippen molar-refractivity contribution in [2.24, 2.45) is 0 Å². The van der Waals surface area contributed by atoms with E-state index < -0.39 is 0 Å². The molecule has 0 fully saturated rings. The second-order valence-electron chi connectivity index (χ2n) is 6.14. The van der Waals surface area contributed by atoms with Gasteiger partial charge in [0.05, 0.1) is 19.1 Å². The minimum Gasteiger partial charge on any atom is -0.497 e. The molecule has 0 aliphatic rings. The van der Waals surface area contributed by atoms with Crippen molar-refractivity contribution >= 4 is 23.4 Å². The smallest absolute Gasteiger partial charge is 0.234 e. The molecule has 0 spiro atoms. The Morgan fingerprint density at radius 1 is 1.10 bits per heavy atom. The van der Waals surface area contributed by atoms with Crippen molar-refractivity contribution in [1.29, 1.82) is 0 Å². The summed E-state index contributed by atoms with van der Waals surface area (Å²) >= 11 is 1.29. The molecule has 150 valence electrons. The summed E-state index contributed by atoms with van der Waals surface area (Å²) in [6.07, 6.45) is 4.84. The third kappa shape index (κ3) is 4.47. The van der Waals surface area contributed by atoms with E-state index >= 15 is 0 Å². The highest BCUT2D eigenvalue weighted by Gasteiger charge is 2.18. The van der Waals surface area contributed by atoms with E-state index in [0.29, 0.717) is 28.1 Å². The van der Waals surface area contributed by atoms with Gasteiger partial charge in [-0.2, -0.15) is 0 Å². The van der Waals surface area contributed by atoms with Crippen LogP contribution in [0.3, 0.4) is 0 Å². The van der Waals surface area contributed by atoms with Crippen LogP contribution in [0.1, 0.15) is 0 Å². The zero-order valence-electron chi connectivity index (χ0n) is 16.1. The molecule has 0 aliphatic heterocycles. The summed E-state index contributed by atoms with van der Waals surface area (Å²) in [6, 6.07) is 16.9. The van der Waals surface area contributed by atoms with Crippen LogP contribution < -0.4 is 10.1 Å². The molecule has 2 heterocycles. The standard InChI is InChI=1S/C21H18N6O2S/c1-29-17-9-5-6-15(12-17)24-19(28)14-30-21-26-25-20(18-13-22-10-11-23-18)27(21)16-7-3-2-4-8-16/h2-13H,14H2,1H3,(H,24,28). The molecular weight excluding hydrogens is 400 g/mol. The lowest BCUT2D eigenvalue weighted by molar-refractivity contribution is -0.113. The molecular formula is C21H18N6O2S. The highest BCUT2D eigenvalue weighted by atomic mass is 32.2. The average Bonchev–Trinajstić information content (AvgIpc) is 3.23. The molecule has 0 saturated heterocycles. The number of carbonyl (C=O) groups is 1. The number of hydrogen-bond donors (Lipinski definition) is 1. The van der Waals surface area contributed by atoms with Gasteiger partial charge >= 0.3 is 0 Å². The van der Waals surface area contributed by atoms with Gasteiger partial charge in [-0.3, -0.25) is 14.3 Å². The number of nitrogens with one attached hydrogen (secondary N) is 1. The van der Waals surface area contributed by atoms with E-state index in [4.69, 9.17) is 4.74 Å². The highest BCUT2D eigenvalue weighted by molar-refractivity contribution is 7.99. The first-order chi connectivity index (χ1) is 14.7. The van der Waals surface area contributed by atoms with Gasteiger partial charge in [0, 0.05) is 29.8 Å². The van der Waals surface area contributed by atoms with Crippen LogP contribution >= 0.6 is 11.8 Å². The van der Waals surface area contributed by atoms with Crippen molar-refractivity contribution in [2.75, 3.05) is 18.2 Å². The van der Waals surface area contributed by atoms with E-state index in [1.54, 1.807) is 31.8 Å². The van der Waals surface area contributed by atoms with Gasteiger partial charge in [-0.25, -0.2) is 4.98 Å². The van der Waals surface area contributed by atoms with Crippen LogP contribution in [0.4, 0.5) is 5.69 Å². The number of rotatable bonds is 7. The number of para-hydroxylation sites is 1. The first-order valence-electron chi connectivity index (χ1n) is 9.08. The number of hydrogen-bond acceptors (Lipinski definition) is 7. The summed E-state index contributed by atoms with van der Waals surface area (Å²) in [6.45, 7) is 0. The lowest BCUT2D eigenvalue weighted by atomic mass is 10.3. The molecule has 4 aromatic rings. The number of ether oxygens (including phenoxy) is 1. The molecule has 0 radical (unpaired) electrons. The fourth-order valence-electron chi connectivity index (χ4n) is 2.78. The van der Waals surface area contributed by atoms with Gasteiger partial charge in [0.1, 0.15) is 11.4 Å². The zero-order valence-corrected chi connectivity index (χ0v) is 16.9. The Bertz CT molecular complexity index is 1130. The number of methoxy groups -OCH3 is 1. The second-order valence-corrected chi connectivity index (χ2v) is 7.08. The van der Waals surface area contributed by atoms with Crippen LogP contribution in [0.5, 0.6) is 5.75 Å². The van der Waals surface area contributed by atoms with Crippen LogP contribution in [0, 0.1) is 0 Å². The molecule has 2 aromatic heterocycles. The molecule has 2 aromatic carbocycles. The Hall–Kier alpha value is -3.72. The topological polar surface area (TPSA) is 94.8 Å². The fourth-order valence-corrected chi connectivity index (χ4v) is 3.53. The lowest BCUT2D eigenvalue weighted by Gasteiger charge is -2.10. The molecule has 30 heavy (non-hydrogen) atoms. The van der Waals surface area contributed by atoms with Crippen molar-refractivity contribution in [3.8, 4) is 23.0 Å². The summed E-state index contributed by atoms with van der Waals surface area (Å²) in [7, 11) is 1.59. The van der Waals surface area contributed by atoms with E-state index in [-0.39, 0.29) is 11.7 Å². The Kier molecular flexibility index (Phi) is 6.00. The largest absolute Gasteiger partial charge is 0.497 e. The van der Waals surface area contributed by atoms with Gasteiger partial charge in [-0.15, -0.1) is 10.2 Å². The molecule has 4 rings (SSSR count). The summed E-state index contributed by atoms with van der Waals surface area (Å²) in [5.74, 6) is 1.25. The van der Waals surface area contributed by atoms with E-state index in [9.17, 15) is 4.79 Å². The zero-order chi connectivity index (χ0) is 20.8. The molecule has 1 amide bonds. The van der Waals surface area contributed by atoms with E-state index in [1.807, 2.05) is 53.1 Å². The van der Waals surface area contributed by atoms with Gasteiger partial charge in [0.25, 0.3) is 0 Å². The Balaban J connectivity index is 1.55. The first kappa shape index (κ1) is 19.6. The number of carbonyl (C=O) groups excluding carboxylic acids is 1. The predicted molar refractivity (Wildman–Crippen MR) is 115 cm³/mol. The van der Waals surface area contributed by atoms with Crippen molar-refractivity contribution < 1.29 is 9.53 Å². The number of thioether (sulfide) groups is 1. The minimum absolute atomic E-state index is 0.156. The number of aromatic nitrogens is 5. The van der Waals surface area contributed by atoms with Crippen LogP contribution in [-0.2, 0) is 4.79 Å². The summed E-state index contributed by atoms with van der Waals surface area (Å²) < 4.78 is 7.05. The lowest BCUT2D eigenvalue weighted by Crippen LogP contribution is -2.14. The van der Waals surface area contributed by atoms with E-state index in [1.165, 1.54) is 11.8 Å². The molecule has 9 heteroatoms. The predicted octanol–water partition coefficient (Wildman–Crippen LogP) is 3.46. The first-order valence-corrected chi connectivity index (χ1v) is 10.1. The van der Waals surface area contributed by atoms with Gasteiger partial charge in [-0.05, 0) is 24.3 Å². The quantitative estimate of drug-likeness (QED) is 0.459. The van der Waals surface area contributed by atoms with Crippen LogP contribution in [0.2, 0.25) is 0 Å². The number of nitrogens with zero attached hydrogens (tertiary/aromatic N) is 5. The maximum Gasteiger partial charge on any atom is 0.234 e. The van der Waals surface area contributed by atoms with Crippen molar-refractivity contribution in [3.63, 3.8) is 0 Å². The van der Waals surface area contributed by atoms with Gasteiger partial charge in [-0.1, -0.05) is 36.0 Å². The van der Waals surface area contributed by atoms with Crippen LogP contribution in [0.15, 0.2) is 78.3 Å². The molecule has 0 saturated carbocycles. The number of anilines is 1. The molecule has 1 N–H and O–H groups in total. The van der Waals surface area contributed by atoms with Gasteiger partial charge in [0.15, 0.2) is 11.0 Å². The van der Waals surface area contributed by atoms with Gasteiger partial charge in [0.2, 0.25) is 5.91 Å². The second kappa shape index (κ2) is 9.19. The Labute approximate surface area is 177 Å². The van der Waals surface area contributed by atoms with Crippen molar-refractivity contribution in [1.82, 2.24) is 24.7 Å². The maximum atomic E-state index is 12.5. The third-order valence-corrected chi connectivity index (χ3v) is 5.05.